The van der Waals surface area contributed by atoms with Crippen LogP contribution in [0.3, 0.4) is 0 Å². The molecule has 0 spiro atoms. The summed E-state index contributed by atoms with van der Waals surface area (Å²) in [5.41, 5.74) is 1.65. The number of nitrogens with zero attached hydrogens (tertiary/aromatic N) is 3. The van der Waals surface area contributed by atoms with Crippen LogP contribution >= 0.6 is 0 Å². The first-order chi connectivity index (χ1) is 16.4. The quantitative estimate of drug-likeness (QED) is 0.431. The van der Waals surface area contributed by atoms with Gasteiger partial charge in [-0.05, 0) is 61.9 Å². The van der Waals surface area contributed by atoms with E-state index < -0.39 is 18.6 Å². The average Bonchev–Trinajstić information content (AvgIpc) is 3.35. The molecule has 0 saturated carbocycles. The molecule has 1 atom stereocenters. The van der Waals surface area contributed by atoms with Crippen molar-refractivity contribution < 1.29 is 27.8 Å². The zero-order chi connectivity index (χ0) is 24.5. The second-order valence-corrected chi connectivity index (χ2v) is 6.96. The number of benzene rings is 2. The minimum atomic E-state index is -2.97. The summed E-state index contributed by atoms with van der Waals surface area (Å²) in [4.78, 5) is 28.4. The van der Waals surface area contributed by atoms with E-state index in [0.717, 1.165) is 0 Å². The number of rotatable bonds is 10. The Bertz CT molecular complexity index is 1130. The molecule has 34 heavy (non-hydrogen) atoms. The summed E-state index contributed by atoms with van der Waals surface area (Å²) in [5.74, 6) is -0.591. The van der Waals surface area contributed by atoms with Gasteiger partial charge in [-0.1, -0.05) is 6.07 Å². The molecule has 1 unspecified atom stereocenters. The number of ether oxygens (including phenoxy) is 2. The molecule has 1 heterocycles. The van der Waals surface area contributed by atoms with E-state index >= 15 is 0 Å². The largest absolute Gasteiger partial charge is 0.490 e. The highest BCUT2D eigenvalue weighted by atomic mass is 19.3. The number of carbonyl (C=O) groups excluding carboxylic acids is 2. The molecule has 0 radical (unpaired) electrons. The van der Waals surface area contributed by atoms with Gasteiger partial charge in [0.25, 0.3) is 0 Å². The lowest BCUT2D eigenvalue weighted by Gasteiger charge is -2.12. The summed E-state index contributed by atoms with van der Waals surface area (Å²) in [6.07, 6.45) is 5.63. The number of carbonyl (C=O) groups is 2. The van der Waals surface area contributed by atoms with Gasteiger partial charge in [0.2, 0.25) is 11.8 Å². The Labute approximate surface area is 194 Å². The van der Waals surface area contributed by atoms with Crippen LogP contribution in [0.4, 0.5) is 20.2 Å². The van der Waals surface area contributed by atoms with E-state index in [2.05, 4.69) is 25.5 Å². The minimum Gasteiger partial charge on any atom is -0.490 e. The lowest BCUT2D eigenvalue weighted by Crippen LogP contribution is -2.24. The first-order valence-electron chi connectivity index (χ1n) is 10.3. The first kappa shape index (κ1) is 24.4. The second kappa shape index (κ2) is 11.5. The highest BCUT2D eigenvalue weighted by Gasteiger charge is 2.15. The smallest absolute Gasteiger partial charge is 0.387 e. The molecule has 1 aromatic heterocycles. The summed E-state index contributed by atoms with van der Waals surface area (Å²) < 4.78 is 36.2. The van der Waals surface area contributed by atoms with Crippen molar-refractivity contribution in [2.45, 2.75) is 26.5 Å². The maximum Gasteiger partial charge on any atom is 0.387 e. The van der Waals surface area contributed by atoms with Gasteiger partial charge in [0.15, 0.2) is 11.5 Å². The van der Waals surface area contributed by atoms with Gasteiger partial charge >= 0.3 is 6.61 Å². The van der Waals surface area contributed by atoms with Gasteiger partial charge in [-0.25, -0.2) is 9.67 Å². The van der Waals surface area contributed by atoms with Crippen molar-refractivity contribution in [1.29, 1.82) is 0 Å². The topological polar surface area (TPSA) is 107 Å². The first-order valence-corrected chi connectivity index (χ1v) is 10.3. The van der Waals surface area contributed by atoms with E-state index in [9.17, 15) is 18.4 Å². The van der Waals surface area contributed by atoms with Gasteiger partial charge in [-0.2, -0.15) is 13.9 Å². The van der Waals surface area contributed by atoms with Crippen LogP contribution in [0.15, 0.2) is 61.2 Å². The molecule has 3 aromatic rings. The van der Waals surface area contributed by atoms with Crippen molar-refractivity contribution in [2.75, 3.05) is 17.2 Å². The third kappa shape index (κ3) is 6.86. The standard InChI is InChI=1S/C23H23F2N5O4/c1-3-33-20-12-16(4-10-19(20)34-23(24)25)5-11-21(31)28-17-6-8-18(9-7-17)29-22(32)15(2)30-14-26-13-27-30/h4-15,23H,3H2,1-2H3,(H,28,31)(H,29,32)/b11-5+. The maximum absolute atomic E-state index is 12.5. The molecule has 11 heteroatoms. The van der Waals surface area contributed by atoms with E-state index in [-0.39, 0.29) is 24.0 Å². The molecule has 0 bridgehead atoms. The van der Waals surface area contributed by atoms with Crippen LogP contribution in [-0.4, -0.2) is 39.8 Å². The van der Waals surface area contributed by atoms with E-state index in [0.29, 0.717) is 16.9 Å². The van der Waals surface area contributed by atoms with Crippen molar-refractivity contribution in [3.05, 3.63) is 66.8 Å². The minimum absolute atomic E-state index is 0.0821. The van der Waals surface area contributed by atoms with Crippen molar-refractivity contribution in [3.8, 4) is 11.5 Å². The summed E-state index contributed by atoms with van der Waals surface area (Å²) in [6.45, 7) is 0.712. The molecule has 0 fully saturated rings. The van der Waals surface area contributed by atoms with Gasteiger partial charge in [-0.3, -0.25) is 9.59 Å². The average molecular weight is 471 g/mol. The van der Waals surface area contributed by atoms with Crippen LogP contribution in [0.2, 0.25) is 0 Å². The van der Waals surface area contributed by atoms with Gasteiger partial charge in [0.05, 0.1) is 6.61 Å². The maximum atomic E-state index is 12.5. The monoisotopic (exact) mass is 471 g/mol. The molecule has 0 aliphatic rings. The van der Waals surface area contributed by atoms with Crippen molar-refractivity contribution in [2.24, 2.45) is 0 Å². The van der Waals surface area contributed by atoms with Crippen LogP contribution in [0.5, 0.6) is 11.5 Å². The molecule has 0 aliphatic heterocycles. The number of anilines is 2. The molecule has 2 N–H and O–H groups in total. The predicted octanol–water partition coefficient (Wildman–Crippen LogP) is 4.13. The molecule has 2 amide bonds. The molecule has 178 valence electrons. The Hall–Kier alpha value is -4.28. The summed E-state index contributed by atoms with van der Waals surface area (Å²) >= 11 is 0. The fourth-order valence-corrected chi connectivity index (χ4v) is 2.87. The van der Waals surface area contributed by atoms with Gasteiger partial charge in [-0.15, -0.1) is 0 Å². The zero-order valence-electron chi connectivity index (χ0n) is 18.4. The molecule has 9 nitrogen and oxygen atoms in total. The summed E-state index contributed by atoms with van der Waals surface area (Å²) in [6, 6.07) is 10.4. The van der Waals surface area contributed by atoms with Crippen LogP contribution in [-0.2, 0) is 9.59 Å². The van der Waals surface area contributed by atoms with E-state index in [1.165, 1.54) is 47.7 Å². The highest BCUT2D eigenvalue weighted by Crippen LogP contribution is 2.30. The lowest BCUT2D eigenvalue weighted by atomic mass is 10.2. The zero-order valence-corrected chi connectivity index (χ0v) is 18.4. The molecule has 2 aromatic carbocycles. The predicted molar refractivity (Wildman–Crippen MR) is 122 cm³/mol. The van der Waals surface area contributed by atoms with E-state index in [4.69, 9.17) is 4.74 Å². The molecular formula is C23H23F2N5O4. The normalized spacial score (nSPS) is 11.9. The van der Waals surface area contributed by atoms with Gasteiger partial charge < -0.3 is 20.1 Å². The molecule has 0 saturated heterocycles. The Morgan fingerprint density at radius 2 is 1.79 bits per heavy atom. The third-order valence-corrected chi connectivity index (χ3v) is 4.54. The van der Waals surface area contributed by atoms with Crippen LogP contribution in [0.25, 0.3) is 6.08 Å². The number of hydrogen-bond donors (Lipinski definition) is 2. The number of alkyl halides is 2. The highest BCUT2D eigenvalue weighted by molar-refractivity contribution is 6.02. The van der Waals surface area contributed by atoms with Gasteiger partial charge in [0.1, 0.15) is 18.7 Å². The van der Waals surface area contributed by atoms with Crippen molar-refractivity contribution in [3.63, 3.8) is 0 Å². The van der Waals surface area contributed by atoms with Gasteiger partial charge in [0, 0.05) is 17.5 Å². The molecule has 0 aliphatic carbocycles. The Morgan fingerprint density at radius 1 is 1.09 bits per heavy atom. The molecular weight excluding hydrogens is 448 g/mol. The third-order valence-electron chi connectivity index (χ3n) is 4.54. The number of halogens is 2. The molecule has 3 rings (SSSR count). The number of aromatic nitrogens is 3. The van der Waals surface area contributed by atoms with Crippen LogP contribution in [0, 0.1) is 0 Å². The number of nitrogens with one attached hydrogen (secondary N) is 2. The lowest BCUT2D eigenvalue weighted by molar-refractivity contribution is -0.119. The van der Waals surface area contributed by atoms with Crippen molar-refractivity contribution >= 4 is 29.3 Å². The fourth-order valence-electron chi connectivity index (χ4n) is 2.87. The summed E-state index contributed by atoms with van der Waals surface area (Å²) in [7, 11) is 0. The Balaban J connectivity index is 1.57. The number of hydrogen-bond acceptors (Lipinski definition) is 6. The SMILES string of the molecule is CCOc1cc(/C=C/C(=O)Nc2ccc(NC(=O)C(C)n3cncn3)cc2)ccc1OC(F)F. The van der Waals surface area contributed by atoms with E-state index in [1.54, 1.807) is 38.1 Å². The van der Waals surface area contributed by atoms with E-state index in [1.807, 2.05) is 0 Å². The second-order valence-electron chi connectivity index (χ2n) is 6.96. The Morgan fingerprint density at radius 3 is 2.41 bits per heavy atom. The van der Waals surface area contributed by atoms with Crippen LogP contribution < -0.4 is 20.1 Å². The summed E-state index contributed by atoms with van der Waals surface area (Å²) in [5, 5.41) is 9.41. The number of amides is 2. The van der Waals surface area contributed by atoms with Crippen LogP contribution in [0.1, 0.15) is 25.5 Å². The fraction of sp³-hybridized carbons (Fsp3) is 0.217. The van der Waals surface area contributed by atoms with Crippen molar-refractivity contribution in [1.82, 2.24) is 14.8 Å². The Kier molecular flexibility index (Phi) is 8.27.